The lowest BCUT2D eigenvalue weighted by Crippen LogP contribution is -2.40. The maximum absolute atomic E-state index is 12.7. The maximum Gasteiger partial charge on any atom is 0.255 e. The van der Waals surface area contributed by atoms with Crippen LogP contribution in [0.15, 0.2) is 30.3 Å². The minimum Gasteiger partial charge on any atom is -0.496 e. The second-order valence-corrected chi connectivity index (χ2v) is 7.42. The van der Waals surface area contributed by atoms with Crippen molar-refractivity contribution >= 4 is 39.3 Å². The number of hydrogen-bond acceptors (Lipinski definition) is 3. The first-order valence-corrected chi connectivity index (χ1v) is 9.49. The van der Waals surface area contributed by atoms with Crippen molar-refractivity contribution in [3.8, 4) is 5.75 Å². The lowest BCUT2D eigenvalue weighted by atomic mass is 10.1. The summed E-state index contributed by atoms with van der Waals surface area (Å²) in [5.74, 6) is 0.565. The Kier molecular flexibility index (Phi) is 5.61. The molecular weight excluding hydrogens is 415 g/mol. The van der Waals surface area contributed by atoms with Crippen LogP contribution in [0.5, 0.6) is 5.75 Å². The second kappa shape index (κ2) is 7.70. The molecule has 0 radical (unpaired) electrons. The molecular formula is C19H23IN2O2. The Bertz CT molecular complexity index is 747. The highest BCUT2D eigenvalue weighted by Crippen LogP contribution is 2.27. The predicted octanol–water partition coefficient (Wildman–Crippen LogP) is 3.67. The number of nitrogens with one attached hydrogen (secondary N) is 1. The summed E-state index contributed by atoms with van der Waals surface area (Å²) in [6, 6.07) is 10.5. The standard InChI is InChI=1S/C19H23IN2O2/c1-3-22-8-4-5-16(22)12-21-19(23)17-10-14-9-15(20)7-6-13(14)11-18(17)24-2/h6-7,9-11,16H,3-5,8,12H2,1-2H3,(H,21,23). The highest BCUT2D eigenvalue weighted by molar-refractivity contribution is 14.1. The van der Waals surface area contributed by atoms with Crippen LogP contribution in [0.4, 0.5) is 0 Å². The van der Waals surface area contributed by atoms with Crippen LogP contribution < -0.4 is 10.1 Å². The number of benzene rings is 2. The molecule has 1 aliphatic heterocycles. The summed E-state index contributed by atoms with van der Waals surface area (Å²) in [5, 5.41) is 5.24. The number of fused-ring (bicyclic) bond motifs is 1. The molecule has 4 nitrogen and oxygen atoms in total. The van der Waals surface area contributed by atoms with Crippen molar-refractivity contribution in [3.05, 3.63) is 39.5 Å². The summed E-state index contributed by atoms with van der Waals surface area (Å²) < 4.78 is 6.60. The zero-order valence-corrected chi connectivity index (χ0v) is 16.3. The lowest BCUT2D eigenvalue weighted by molar-refractivity contribution is 0.0938. The number of likely N-dealkylation sites (tertiary alicyclic amines) is 1. The molecule has 1 atom stereocenters. The van der Waals surface area contributed by atoms with Crippen molar-refractivity contribution in [2.24, 2.45) is 0 Å². The third-order valence-electron chi connectivity index (χ3n) is 4.77. The van der Waals surface area contributed by atoms with Crippen molar-refractivity contribution in [2.75, 3.05) is 26.7 Å². The van der Waals surface area contributed by atoms with Crippen molar-refractivity contribution in [1.29, 1.82) is 0 Å². The Balaban J connectivity index is 1.80. The van der Waals surface area contributed by atoms with E-state index in [-0.39, 0.29) is 5.91 Å². The van der Waals surface area contributed by atoms with Crippen LogP contribution in [-0.4, -0.2) is 43.6 Å². The largest absolute Gasteiger partial charge is 0.496 e. The number of amides is 1. The van der Waals surface area contributed by atoms with Crippen LogP contribution >= 0.6 is 22.6 Å². The molecule has 1 aliphatic rings. The summed E-state index contributed by atoms with van der Waals surface area (Å²) >= 11 is 2.29. The number of likely N-dealkylation sites (N-methyl/N-ethyl adjacent to an activating group) is 1. The van der Waals surface area contributed by atoms with E-state index in [0.717, 1.165) is 33.9 Å². The molecule has 1 heterocycles. The van der Waals surface area contributed by atoms with Gasteiger partial charge in [-0.15, -0.1) is 0 Å². The van der Waals surface area contributed by atoms with E-state index in [9.17, 15) is 4.79 Å². The van der Waals surface area contributed by atoms with E-state index in [1.54, 1.807) is 7.11 Å². The first-order chi connectivity index (χ1) is 11.6. The van der Waals surface area contributed by atoms with E-state index < -0.39 is 0 Å². The molecule has 1 amide bonds. The molecule has 1 unspecified atom stereocenters. The monoisotopic (exact) mass is 438 g/mol. The van der Waals surface area contributed by atoms with E-state index in [1.165, 1.54) is 6.42 Å². The number of hydrogen-bond donors (Lipinski definition) is 1. The minimum absolute atomic E-state index is 0.0597. The van der Waals surface area contributed by atoms with Gasteiger partial charge in [-0.05, 0) is 83.6 Å². The van der Waals surface area contributed by atoms with E-state index >= 15 is 0 Å². The highest BCUT2D eigenvalue weighted by Gasteiger charge is 2.24. The lowest BCUT2D eigenvalue weighted by Gasteiger charge is -2.23. The molecule has 1 N–H and O–H groups in total. The van der Waals surface area contributed by atoms with Gasteiger partial charge in [0.1, 0.15) is 5.75 Å². The molecule has 0 aliphatic carbocycles. The first kappa shape index (κ1) is 17.5. The fourth-order valence-corrected chi connectivity index (χ4v) is 3.96. The zero-order chi connectivity index (χ0) is 17.1. The average molecular weight is 438 g/mol. The van der Waals surface area contributed by atoms with Crippen LogP contribution in [0.3, 0.4) is 0 Å². The van der Waals surface area contributed by atoms with Gasteiger partial charge >= 0.3 is 0 Å². The molecule has 3 rings (SSSR count). The molecule has 0 aromatic heterocycles. The number of carbonyl (C=O) groups is 1. The number of methoxy groups -OCH3 is 1. The zero-order valence-electron chi connectivity index (χ0n) is 14.1. The van der Waals surface area contributed by atoms with Crippen molar-refractivity contribution in [1.82, 2.24) is 10.2 Å². The summed E-state index contributed by atoms with van der Waals surface area (Å²) in [7, 11) is 1.61. The first-order valence-electron chi connectivity index (χ1n) is 8.42. The molecule has 2 aromatic carbocycles. The molecule has 5 heteroatoms. The molecule has 1 fully saturated rings. The summed E-state index contributed by atoms with van der Waals surface area (Å²) in [4.78, 5) is 15.1. The summed E-state index contributed by atoms with van der Waals surface area (Å²) in [6.45, 7) is 5.04. The third-order valence-corrected chi connectivity index (χ3v) is 5.44. The fourth-order valence-electron chi connectivity index (χ4n) is 3.44. The van der Waals surface area contributed by atoms with E-state index in [0.29, 0.717) is 23.9 Å². The Morgan fingerprint density at radius 2 is 2.17 bits per heavy atom. The number of ether oxygens (including phenoxy) is 1. The molecule has 0 spiro atoms. The van der Waals surface area contributed by atoms with Gasteiger partial charge in [0, 0.05) is 16.2 Å². The van der Waals surface area contributed by atoms with Crippen molar-refractivity contribution in [2.45, 2.75) is 25.8 Å². The molecule has 2 aromatic rings. The van der Waals surface area contributed by atoms with Gasteiger partial charge in [-0.25, -0.2) is 0 Å². The summed E-state index contributed by atoms with van der Waals surface area (Å²) in [5.41, 5.74) is 0.605. The van der Waals surface area contributed by atoms with E-state index in [2.05, 4.69) is 57.9 Å². The molecule has 24 heavy (non-hydrogen) atoms. The number of carbonyl (C=O) groups excluding carboxylic acids is 1. The van der Waals surface area contributed by atoms with Crippen LogP contribution in [0, 0.1) is 3.57 Å². The van der Waals surface area contributed by atoms with Crippen LogP contribution in [-0.2, 0) is 0 Å². The quantitative estimate of drug-likeness (QED) is 0.725. The number of nitrogens with zero attached hydrogens (tertiary/aromatic N) is 1. The van der Waals surface area contributed by atoms with Gasteiger partial charge in [0.15, 0.2) is 0 Å². The molecule has 1 saturated heterocycles. The summed E-state index contributed by atoms with van der Waals surface area (Å²) in [6.07, 6.45) is 2.37. The fraction of sp³-hybridized carbons (Fsp3) is 0.421. The maximum atomic E-state index is 12.7. The third kappa shape index (κ3) is 3.67. The predicted molar refractivity (Wildman–Crippen MR) is 106 cm³/mol. The molecule has 0 saturated carbocycles. The molecule has 128 valence electrons. The van der Waals surface area contributed by atoms with Crippen LogP contribution in [0.2, 0.25) is 0 Å². The number of halogens is 1. The highest BCUT2D eigenvalue weighted by atomic mass is 127. The van der Waals surface area contributed by atoms with Gasteiger partial charge in [-0.1, -0.05) is 13.0 Å². The normalized spacial score (nSPS) is 18.0. The molecule has 0 bridgehead atoms. The van der Waals surface area contributed by atoms with E-state index in [4.69, 9.17) is 4.74 Å². The Hall–Kier alpha value is -1.34. The van der Waals surface area contributed by atoms with Crippen molar-refractivity contribution in [3.63, 3.8) is 0 Å². The Labute approximate surface area is 156 Å². The second-order valence-electron chi connectivity index (χ2n) is 6.18. The van der Waals surface area contributed by atoms with Crippen LogP contribution in [0.1, 0.15) is 30.1 Å². The van der Waals surface area contributed by atoms with Gasteiger partial charge in [0.25, 0.3) is 5.91 Å². The smallest absolute Gasteiger partial charge is 0.255 e. The Morgan fingerprint density at radius 1 is 1.33 bits per heavy atom. The van der Waals surface area contributed by atoms with E-state index in [1.807, 2.05) is 12.1 Å². The van der Waals surface area contributed by atoms with Gasteiger partial charge in [0.05, 0.1) is 12.7 Å². The van der Waals surface area contributed by atoms with Crippen molar-refractivity contribution < 1.29 is 9.53 Å². The van der Waals surface area contributed by atoms with Gasteiger partial charge in [0.2, 0.25) is 0 Å². The Morgan fingerprint density at radius 3 is 2.92 bits per heavy atom. The van der Waals surface area contributed by atoms with Gasteiger partial charge in [-0.2, -0.15) is 0 Å². The topological polar surface area (TPSA) is 41.6 Å². The minimum atomic E-state index is -0.0597. The van der Waals surface area contributed by atoms with Gasteiger partial charge in [-0.3, -0.25) is 9.69 Å². The average Bonchev–Trinajstić information content (AvgIpc) is 3.06. The van der Waals surface area contributed by atoms with Crippen LogP contribution in [0.25, 0.3) is 10.8 Å². The SMILES string of the molecule is CCN1CCCC1CNC(=O)c1cc2cc(I)ccc2cc1OC. The van der Waals surface area contributed by atoms with Gasteiger partial charge < -0.3 is 10.1 Å². The number of rotatable bonds is 5.